The molecule has 3 rings (SSSR count). The summed E-state index contributed by atoms with van der Waals surface area (Å²) >= 11 is 0. The van der Waals surface area contributed by atoms with Crippen LogP contribution < -0.4 is 0 Å². The molecule has 2 fully saturated rings. The van der Waals surface area contributed by atoms with E-state index < -0.39 is 16.0 Å². The molecule has 1 heterocycles. The van der Waals surface area contributed by atoms with E-state index in [1.54, 1.807) is 42.3 Å². The molecule has 0 spiro atoms. The standard InChI is InChI=1S/C21H30N2O5S/c1-22(18-8-4-2-5-9-18)20(24)16-28-21(25)17-12-14-23(15-13-17)29(26,27)19-10-6-3-7-11-19/h3,6-7,10-11,17-18H,2,4-5,8-9,12-16H2,1H3. The number of esters is 1. The summed E-state index contributed by atoms with van der Waals surface area (Å²) < 4.78 is 32.0. The number of likely N-dealkylation sites (N-methyl/N-ethyl adjacent to an activating group) is 1. The van der Waals surface area contributed by atoms with Crippen molar-refractivity contribution in [1.82, 2.24) is 9.21 Å². The molecule has 8 heteroatoms. The number of carbonyl (C=O) groups excluding carboxylic acids is 2. The highest BCUT2D eigenvalue weighted by Crippen LogP contribution is 2.25. The highest BCUT2D eigenvalue weighted by Gasteiger charge is 2.33. The highest BCUT2D eigenvalue weighted by molar-refractivity contribution is 7.89. The van der Waals surface area contributed by atoms with E-state index in [2.05, 4.69) is 0 Å². The van der Waals surface area contributed by atoms with Crippen LogP contribution in [0.4, 0.5) is 0 Å². The van der Waals surface area contributed by atoms with E-state index >= 15 is 0 Å². The molecule has 0 radical (unpaired) electrons. The summed E-state index contributed by atoms with van der Waals surface area (Å²) in [6, 6.07) is 8.54. The lowest BCUT2D eigenvalue weighted by molar-refractivity contribution is -0.157. The Hall–Kier alpha value is -1.93. The fraction of sp³-hybridized carbons (Fsp3) is 0.619. The van der Waals surface area contributed by atoms with Crippen LogP contribution in [0.2, 0.25) is 0 Å². The van der Waals surface area contributed by atoms with Gasteiger partial charge in [-0.05, 0) is 37.8 Å². The normalized spacial score (nSPS) is 19.6. The Morgan fingerprint density at radius 1 is 1.03 bits per heavy atom. The monoisotopic (exact) mass is 422 g/mol. The Labute approximate surface area is 173 Å². The molecule has 2 aliphatic rings. The van der Waals surface area contributed by atoms with E-state index in [0.717, 1.165) is 25.7 Å². The third-order valence-corrected chi connectivity index (χ3v) is 7.93. The second kappa shape index (κ2) is 9.71. The Morgan fingerprint density at radius 3 is 2.28 bits per heavy atom. The van der Waals surface area contributed by atoms with Gasteiger partial charge in [-0.2, -0.15) is 4.31 Å². The minimum absolute atomic E-state index is 0.172. The molecular weight excluding hydrogens is 392 g/mol. The van der Waals surface area contributed by atoms with Crippen molar-refractivity contribution in [2.45, 2.75) is 55.9 Å². The smallest absolute Gasteiger partial charge is 0.309 e. The fourth-order valence-corrected chi connectivity index (χ4v) is 5.59. The zero-order chi connectivity index (χ0) is 20.9. The lowest BCUT2D eigenvalue weighted by atomic mass is 9.94. The first-order chi connectivity index (χ1) is 13.9. The van der Waals surface area contributed by atoms with Gasteiger partial charge in [-0.3, -0.25) is 9.59 Å². The molecule has 0 atom stereocenters. The predicted octanol–water partition coefficient (Wildman–Crippen LogP) is 2.42. The second-order valence-electron chi connectivity index (χ2n) is 7.90. The van der Waals surface area contributed by atoms with Crippen LogP contribution in [0, 0.1) is 5.92 Å². The molecular formula is C21H30N2O5S. The summed E-state index contributed by atoms with van der Waals surface area (Å²) in [5.41, 5.74) is 0. The number of nitrogens with zero attached hydrogens (tertiary/aromatic N) is 2. The van der Waals surface area contributed by atoms with Gasteiger partial charge in [0.25, 0.3) is 5.91 Å². The molecule has 29 heavy (non-hydrogen) atoms. The fourth-order valence-electron chi connectivity index (χ4n) is 4.10. The van der Waals surface area contributed by atoms with Gasteiger partial charge in [0.1, 0.15) is 0 Å². The SMILES string of the molecule is CN(C(=O)COC(=O)C1CCN(S(=O)(=O)c2ccccc2)CC1)C1CCCCC1. The maximum atomic E-state index is 12.7. The van der Waals surface area contributed by atoms with E-state index in [9.17, 15) is 18.0 Å². The van der Waals surface area contributed by atoms with E-state index in [1.165, 1.54) is 10.7 Å². The number of carbonyl (C=O) groups is 2. The first-order valence-corrected chi connectivity index (χ1v) is 11.8. The number of hydrogen-bond acceptors (Lipinski definition) is 5. The molecule has 0 aromatic heterocycles. The number of sulfonamides is 1. The van der Waals surface area contributed by atoms with Crippen molar-refractivity contribution in [3.8, 4) is 0 Å². The molecule has 1 amide bonds. The molecule has 1 aromatic rings. The lowest BCUT2D eigenvalue weighted by Gasteiger charge is -2.32. The summed E-state index contributed by atoms with van der Waals surface area (Å²) in [6.45, 7) is 0.300. The average molecular weight is 423 g/mol. The quantitative estimate of drug-likeness (QED) is 0.658. The average Bonchev–Trinajstić information content (AvgIpc) is 2.78. The van der Waals surface area contributed by atoms with E-state index in [4.69, 9.17) is 4.74 Å². The third-order valence-electron chi connectivity index (χ3n) is 6.02. The zero-order valence-corrected chi connectivity index (χ0v) is 17.8. The van der Waals surface area contributed by atoms with E-state index in [-0.39, 0.29) is 42.5 Å². The van der Waals surface area contributed by atoms with Gasteiger partial charge in [0.05, 0.1) is 10.8 Å². The van der Waals surface area contributed by atoms with E-state index in [1.807, 2.05) is 0 Å². The van der Waals surface area contributed by atoms with Crippen LogP contribution in [0.25, 0.3) is 0 Å². The van der Waals surface area contributed by atoms with Gasteiger partial charge in [0, 0.05) is 26.2 Å². The van der Waals surface area contributed by atoms with Crippen molar-refractivity contribution in [3.05, 3.63) is 30.3 Å². The van der Waals surface area contributed by atoms with Crippen molar-refractivity contribution >= 4 is 21.9 Å². The maximum Gasteiger partial charge on any atom is 0.309 e. The van der Waals surface area contributed by atoms with Crippen molar-refractivity contribution in [2.75, 3.05) is 26.7 Å². The molecule has 7 nitrogen and oxygen atoms in total. The Balaban J connectivity index is 1.46. The lowest BCUT2D eigenvalue weighted by Crippen LogP contribution is -2.42. The molecule has 1 aromatic carbocycles. The second-order valence-corrected chi connectivity index (χ2v) is 9.83. The Bertz CT molecular complexity index is 798. The van der Waals surface area contributed by atoms with Crippen LogP contribution in [0.1, 0.15) is 44.9 Å². The van der Waals surface area contributed by atoms with Gasteiger partial charge in [0.2, 0.25) is 10.0 Å². The summed E-state index contributed by atoms with van der Waals surface area (Å²) in [5, 5.41) is 0. The third kappa shape index (κ3) is 5.36. The van der Waals surface area contributed by atoms with Crippen LogP contribution >= 0.6 is 0 Å². The first-order valence-electron chi connectivity index (χ1n) is 10.4. The Kier molecular flexibility index (Phi) is 7.29. The van der Waals surface area contributed by atoms with Gasteiger partial charge in [-0.25, -0.2) is 8.42 Å². The van der Waals surface area contributed by atoms with Gasteiger partial charge < -0.3 is 9.64 Å². The number of amides is 1. The van der Waals surface area contributed by atoms with Crippen LogP contribution in [-0.2, 0) is 24.3 Å². The molecule has 160 valence electrons. The number of rotatable bonds is 6. The highest BCUT2D eigenvalue weighted by atomic mass is 32.2. The number of benzene rings is 1. The Morgan fingerprint density at radius 2 is 1.66 bits per heavy atom. The predicted molar refractivity (Wildman–Crippen MR) is 109 cm³/mol. The summed E-state index contributed by atoms with van der Waals surface area (Å²) in [7, 11) is -1.76. The molecule has 0 N–H and O–H groups in total. The molecule has 1 saturated heterocycles. The van der Waals surface area contributed by atoms with Crippen LogP contribution in [-0.4, -0.2) is 62.3 Å². The van der Waals surface area contributed by atoms with Crippen LogP contribution in [0.15, 0.2) is 35.2 Å². The first kappa shape index (κ1) is 21.8. The summed E-state index contributed by atoms with van der Waals surface area (Å²) in [6.07, 6.45) is 6.29. The van der Waals surface area contributed by atoms with Crippen LogP contribution in [0.3, 0.4) is 0 Å². The largest absolute Gasteiger partial charge is 0.455 e. The van der Waals surface area contributed by atoms with Crippen molar-refractivity contribution in [2.24, 2.45) is 5.92 Å². The zero-order valence-electron chi connectivity index (χ0n) is 17.0. The minimum atomic E-state index is -3.54. The molecule has 1 aliphatic carbocycles. The van der Waals surface area contributed by atoms with Gasteiger partial charge in [-0.1, -0.05) is 37.5 Å². The number of ether oxygens (including phenoxy) is 1. The number of piperidine rings is 1. The molecule has 1 saturated carbocycles. The molecule has 0 unspecified atom stereocenters. The minimum Gasteiger partial charge on any atom is -0.455 e. The van der Waals surface area contributed by atoms with Crippen molar-refractivity contribution < 1.29 is 22.7 Å². The number of hydrogen-bond donors (Lipinski definition) is 0. The van der Waals surface area contributed by atoms with Crippen molar-refractivity contribution in [3.63, 3.8) is 0 Å². The summed E-state index contributed by atoms with van der Waals surface area (Å²) in [4.78, 5) is 26.7. The topological polar surface area (TPSA) is 84.0 Å². The van der Waals surface area contributed by atoms with Gasteiger partial charge >= 0.3 is 5.97 Å². The molecule has 1 aliphatic heterocycles. The molecule has 0 bridgehead atoms. The van der Waals surface area contributed by atoms with Crippen LogP contribution in [0.5, 0.6) is 0 Å². The summed E-state index contributed by atoms with van der Waals surface area (Å²) in [5.74, 6) is -0.952. The van der Waals surface area contributed by atoms with E-state index in [0.29, 0.717) is 12.8 Å². The van der Waals surface area contributed by atoms with Gasteiger partial charge in [-0.15, -0.1) is 0 Å². The van der Waals surface area contributed by atoms with Gasteiger partial charge in [0.15, 0.2) is 6.61 Å². The van der Waals surface area contributed by atoms with Crippen molar-refractivity contribution in [1.29, 1.82) is 0 Å². The maximum absolute atomic E-state index is 12.7.